The highest BCUT2D eigenvalue weighted by atomic mass is 35.5. The zero-order chi connectivity index (χ0) is 19.2. The van der Waals surface area contributed by atoms with E-state index < -0.39 is 0 Å². The number of benzene rings is 1. The number of aromatic nitrogens is 2. The molecule has 1 aliphatic heterocycles. The lowest BCUT2D eigenvalue weighted by atomic mass is 9.95. The SMILES string of the molecule is CCCCCC1=C(O)C(=O)N(CCCn2ccnc2)C1c1cccc(Cl)c1. The van der Waals surface area contributed by atoms with Gasteiger partial charge in [-0.15, -0.1) is 0 Å². The third-order valence-electron chi connectivity index (χ3n) is 5.00. The highest BCUT2D eigenvalue weighted by molar-refractivity contribution is 6.30. The average molecular weight is 388 g/mol. The summed E-state index contributed by atoms with van der Waals surface area (Å²) < 4.78 is 1.99. The van der Waals surface area contributed by atoms with E-state index in [9.17, 15) is 9.90 Å². The number of aliphatic hydroxyl groups is 1. The van der Waals surface area contributed by atoms with Crippen molar-refractivity contribution in [2.45, 2.75) is 51.6 Å². The summed E-state index contributed by atoms with van der Waals surface area (Å²) in [5.41, 5.74) is 1.77. The maximum absolute atomic E-state index is 12.8. The second-order valence-corrected chi connectivity index (χ2v) is 7.38. The normalized spacial score (nSPS) is 17.2. The Hall–Kier alpha value is -2.27. The fourth-order valence-electron chi connectivity index (χ4n) is 3.66. The first-order valence-electron chi connectivity index (χ1n) is 9.56. The van der Waals surface area contributed by atoms with Crippen LogP contribution in [0.5, 0.6) is 0 Å². The van der Waals surface area contributed by atoms with Gasteiger partial charge in [-0.2, -0.15) is 0 Å². The van der Waals surface area contributed by atoms with Crippen LogP contribution in [0.3, 0.4) is 0 Å². The average Bonchev–Trinajstić information content (AvgIpc) is 3.25. The van der Waals surface area contributed by atoms with Crippen LogP contribution in [0, 0.1) is 0 Å². The summed E-state index contributed by atoms with van der Waals surface area (Å²) in [4.78, 5) is 18.6. The maximum Gasteiger partial charge on any atom is 0.289 e. The van der Waals surface area contributed by atoms with Gasteiger partial charge in [-0.25, -0.2) is 4.98 Å². The van der Waals surface area contributed by atoms with Crippen molar-refractivity contribution in [2.75, 3.05) is 6.54 Å². The van der Waals surface area contributed by atoms with Crippen LogP contribution >= 0.6 is 11.6 Å². The molecule has 1 aromatic carbocycles. The topological polar surface area (TPSA) is 58.4 Å². The highest BCUT2D eigenvalue weighted by Crippen LogP contribution is 2.40. The summed E-state index contributed by atoms with van der Waals surface area (Å²) in [5, 5.41) is 11.2. The quantitative estimate of drug-likeness (QED) is 0.622. The number of halogens is 1. The maximum atomic E-state index is 12.8. The van der Waals surface area contributed by atoms with Gasteiger partial charge in [0.25, 0.3) is 5.91 Å². The third kappa shape index (κ3) is 4.53. The first-order chi connectivity index (χ1) is 13.1. The molecule has 144 valence electrons. The van der Waals surface area contributed by atoms with Crippen molar-refractivity contribution in [1.82, 2.24) is 14.5 Å². The minimum absolute atomic E-state index is 0.0845. The lowest BCUT2D eigenvalue weighted by Gasteiger charge is -2.27. The van der Waals surface area contributed by atoms with Crippen molar-refractivity contribution in [3.8, 4) is 0 Å². The smallest absolute Gasteiger partial charge is 0.289 e. The molecular weight excluding hydrogens is 362 g/mol. The van der Waals surface area contributed by atoms with Crippen LogP contribution in [0.4, 0.5) is 0 Å². The van der Waals surface area contributed by atoms with Gasteiger partial charge in [0.2, 0.25) is 0 Å². The standard InChI is InChI=1S/C21H26ClN3O2/c1-2-3-4-9-18-19(16-7-5-8-17(22)14-16)25(21(27)20(18)26)12-6-11-24-13-10-23-15-24/h5,7-8,10,13-15,19,26H,2-4,6,9,11-12H2,1H3. The number of hydrogen-bond donors (Lipinski definition) is 1. The predicted molar refractivity (Wildman–Crippen MR) is 107 cm³/mol. The molecule has 1 aromatic heterocycles. The van der Waals surface area contributed by atoms with E-state index in [0.29, 0.717) is 11.6 Å². The molecule has 2 heterocycles. The number of unbranched alkanes of at least 4 members (excludes halogenated alkanes) is 2. The van der Waals surface area contributed by atoms with Gasteiger partial charge in [-0.05, 0) is 37.0 Å². The van der Waals surface area contributed by atoms with E-state index in [1.165, 1.54) is 0 Å². The molecule has 0 saturated heterocycles. The van der Waals surface area contributed by atoms with Crippen LogP contribution in [0.1, 0.15) is 50.6 Å². The molecule has 5 nitrogen and oxygen atoms in total. The lowest BCUT2D eigenvalue weighted by Crippen LogP contribution is -2.32. The molecule has 2 aromatic rings. The van der Waals surface area contributed by atoms with Gasteiger partial charge in [0.15, 0.2) is 5.76 Å². The molecule has 1 aliphatic rings. The molecule has 0 bridgehead atoms. The molecular formula is C21H26ClN3O2. The summed E-state index contributed by atoms with van der Waals surface area (Å²) in [5.74, 6) is -0.365. The predicted octanol–water partition coefficient (Wildman–Crippen LogP) is 4.90. The Bertz CT molecular complexity index is 802. The van der Waals surface area contributed by atoms with Gasteiger partial charge in [-0.3, -0.25) is 4.79 Å². The van der Waals surface area contributed by atoms with E-state index >= 15 is 0 Å². The van der Waals surface area contributed by atoms with Gasteiger partial charge >= 0.3 is 0 Å². The second kappa shape index (κ2) is 9.09. The Labute approximate surface area is 165 Å². The van der Waals surface area contributed by atoms with Crippen LogP contribution < -0.4 is 0 Å². The van der Waals surface area contributed by atoms with Crippen LogP contribution in [-0.2, 0) is 11.3 Å². The molecule has 0 fully saturated rings. The number of aliphatic hydroxyl groups excluding tert-OH is 1. The summed E-state index contributed by atoms with van der Waals surface area (Å²) in [7, 11) is 0. The van der Waals surface area contributed by atoms with Crippen LogP contribution in [0.15, 0.2) is 54.3 Å². The zero-order valence-corrected chi connectivity index (χ0v) is 16.4. The molecule has 1 unspecified atom stereocenters. The number of nitrogens with zero attached hydrogens (tertiary/aromatic N) is 3. The number of carbonyl (C=O) groups is 1. The van der Waals surface area contributed by atoms with E-state index in [-0.39, 0.29) is 17.7 Å². The molecule has 1 amide bonds. The van der Waals surface area contributed by atoms with Gasteiger partial charge in [0, 0.05) is 36.1 Å². The van der Waals surface area contributed by atoms with Gasteiger partial charge < -0.3 is 14.6 Å². The van der Waals surface area contributed by atoms with E-state index in [2.05, 4.69) is 11.9 Å². The molecule has 0 saturated carbocycles. The first-order valence-corrected chi connectivity index (χ1v) is 9.93. The first kappa shape index (κ1) is 19.5. The van der Waals surface area contributed by atoms with Crippen LogP contribution in [0.2, 0.25) is 5.02 Å². The Morgan fingerprint density at radius 1 is 1.22 bits per heavy atom. The number of rotatable bonds is 9. The van der Waals surface area contributed by atoms with E-state index in [1.54, 1.807) is 17.4 Å². The summed E-state index contributed by atoms with van der Waals surface area (Å²) in [6.45, 7) is 3.48. The molecule has 27 heavy (non-hydrogen) atoms. The number of carbonyl (C=O) groups excluding carboxylic acids is 1. The lowest BCUT2D eigenvalue weighted by molar-refractivity contribution is -0.129. The van der Waals surface area contributed by atoms with Crippen LogP contribution in [-0.4, -0.2) is 32.0 Å². The van der Waals surface area contributed by atoms with Gasteiger partial charge in [0.05, 0.1) is 12.4 Å². The molecule has 3 rings (SSSR count). The van der Waals surface area contributed by atoms with Gasteiger partial charge in [0.1, 0.15) is 0 Å². The van der Waals surface area contributed by atoms with Gasteiger partial charge in [-0.1, -0.05) is 43.5 Å². The van der Waals surface area contributed by atoms with Crippen molar-refractivity contribution < 1.29 is 9.90 Å². The van der Waals surface area contributed by atoms with Crippen molar-refractivity contribution >= 4 is 17.5 Å². The fraction of sp³-hybridized carbons (Fsp3) is 0.429. The Morgan fingerprint density at radius 3 is 2.78 bits per heavy atom. The van der Waals surface area contributed by atoms with Crippen LogP contribution in [0.25, 0.3) is 0 Å². The summed E-state index contributed by atoms with van der Waals surface area (Å²) in [6.07, 6.45) is 10.1. The van der Waals surface area contributed by atoms with E-state index in [4.69, 9.17) is 11.6 Å². The number of imidazole rings is 1. The monoisotopic (exact) mass is 387 g/mol. The number of hydrogen-bond acceptors (Lipinski definition) is 3. The number of aryl methyl sites for hydroxylation is 1. The van der Waals surface area contributed by atoms with E-state index in [1.807, 2.05) is 35.0 Å². The molecule has 0 radical (unpaired) electrons. The third-order valence-corrected chi connectivity index (χ3v) is 5.23. The summed E-state index contributed by atoms with van der Waals surface area (Å²) >= 11 is 6.20. The zero-order valence-electron chi connectivity index (χ0n) is 15.6. The fourth-order valence-corrected chi connectivity index (χ4v) is 3.86. The Morgan fingerprint density at radius 2 is 2.07 bits per heavy atom. The minimum atomic E-state index is -0.280. The molecule has 6 heteroatoms. The summed E-state index contributed by atoms with van der Waals surface area (Å²) in [6, 6.07) is 7.35. The largest absolute Gasteiger partial charge is 0.503 e. The molecule has 0 aliphatic carbocycles. The van der Waals surface area contributed by atoms with E-state index in [0.717, 1.165) is 49.8 Å². The van der Waals surface area contributed by atoms with Crippen molar-refractivity contribution in [1.29, 1.82) is 0 Å². The Kier molecular flexibility index (Phi) is 6.56. The minimum Gasteiger partial charge on any atom is -0.503 e. The number of amides is 1. The molecule has 0 spiro atoms. The molecule has 1 N–H and O–H groups in total. The van der Waals surface area contributed by atoms with Crippen molar-refractivity contribution in [2.24, 2.45) is 0 Å². The second-order valence-electron chi connectivity index (χ2n) is 6.94. The molecule has 1 atom stereocenters. The van der Waals surface area contributed by atoms with Crippen molar-refractivity contribution in [3.63, 3.8) is 0 Å². The van der Waals surface area contributed by atoms with Crippen molar-refractivity contribution in [3.05, 3.63) is 64.9 Å². The Balaban J connectivity index is 1.80. The highest BCUT2D eigenvalue weighted by Gasteiger charge is 2.39.